The number of rotatable bonds is 5. The molecule has 5 rings (SSSR count). The van der Waals surface area contributed by atoms with E-state index in [1.54, 1.807) is 4.90 Å². The lowest BCUT2D eigenvalue weighted by Gasteiger charge is -2.43. The molecule has 5 nitrogen and oxygen atoms in total. The number of aromatic nitrogens is 1. The highest BCUT2D eigenvalue weighted by Crippen LogP contribution is 2.66. The molecule has 1 aromatic heterocycles. The molecule has 2 aliphatic carbocycles. The summed E-state index contributed by atoms with van der Waals surface area (Å²) < 4.78 is 0. The molecule has 2 aromatic rings. The molecule has 3 fully saturated rings. The first kappa shape index (κ1) is 21.2. The molecule has 1 spiro atoms. The number of pyridine rings is 1. The van der Waals surface area contributed by atoms with Crippen molar-refractivity contribution in [3.05, 3.63) is 54.4 Å². The van der Waals surface area contributed by atoms with Gasteiger partial charge in [-0.15, -0.1) is 0 Å². The fourth-order valence-electron chi connectivity index (χ4n) is 6.05. The molecule has 0 N–H and O–H groups in total. The van der Waals surface area contributed by atoms with Gasteiger partial charge in [-0.3, -0.25) is 14.6 Å². The number of nitrogens with zero attached hydrogens (tertiary/aromatic N) is 3. The normalized spacial score (nSPS) is 22.8. The van der Waals surface area contributed by atoms with Crippen LogP contribution in [0.3, 0.4) is 0 Å². The highest BCUT2D eigenvalue weighted by Gasteiger charge is 2.62. The molecule has 1 saturated heterocycles. The summed E-state index contributed by atoms with van der Waals surface area (Å²) in [4.78, 5) is 34.5. The summed E-state index contributed by atoms with van der Waals surface area (Å²) >= 11 is 0. The summed E-state index contributed by atoms with van der Waals surface area (Å²) in [6.07, 6.45) is 10.6. The number of benzene rings is 1. The first-order valence-electron chi connectivity index (χ1n) is 11.9. The molecule has 168 valence electrons. The SMILES string of the molecule is CN(C)C(=O)C1(Cc2ccccc2-c2ccncc2)CCN(C(=O)[C@H]2CC23CCC3)CC1. The van der Waals surface area contributed by atoms with Crippen LogP contribution in [-0.2, 0) is 16.0 Å². The van der Waals surface area contributed by atoms with Gasteiger partial charge in [-0.1, -0.05) is 30.7 Å². The summed E-state index contributed by atoms with van der Waals surface area (Å²) in [5, 5.41) is 0. The van der Waals surface area contributed by atoms with E-state index in [-0.39, 0.29) is 11.8 Å². The van der Waals surface area contributed by atoms with Crippen molar-refractivity contribution in [2.75, 3.05) is 27.2 Å². The van der Waals surface area contributed by atoms with Crippen LogP contribution in [0.25, 0.3) is 11.1 Å². The largest absolute Gasteiger partial charge is 0.348 e. The molecular weight excluding hydrogens is 398 g/mol. The summed E-state index contributed by atoms with van der Waals surface area (Å²) in [6, 6.07) is 12.4. The minimum Gasteiger partial charge on any atom is -0.348 e. The molecule has 5 heteroatoms. The lowest BCUT2D eigenvalue weighted by atomic mass is 9.71. The second-order valence-electron chi connectivity index (χ2n) is 10.3. The fourth-order valence-corrected chi connectivity index (χ4v) is 6.05. The minimum atomic E-state index is -0.471. The molecule has 0 unspecified atom stereocenters. The van der Waals surface area contributed by atoms with E-state index in [9.17, 15) is 9.59 Å². The number of hydrogen-bond donors (Lipinski definition) is 0. The second-order valence-corrected chi connectivity index (χ2v) is 10.3. The quantitative estimate of drug-likeness (QED) is 0.714. The third-order valence-electron chi connectivity index (χ3n) is 8.27. The van der Waals surface area contributed by atoms with Crippen molar-refractivity contribution in [1.82, 2.24) is 14.8 Å². The van der Waals surface area contributed by atoms with Gasteiger partial charge in [0.25, 0.3) is 0 Å². The first-order chi connectivity index (χ1) is 15.4. The standard InChI is InChI=1S/C27H33N3O2/c1-29(2)25(32)27(18-21-6-3-4-7-22(21)20-8-14-28-15-9-20)12-16-30(17-13-27)24(31)23-19-26(23)10-5-11-26/h3-4,6-9,14-15,23H,5,10-13,16-19H2,1-2H3/t23-/m1/s1. The molecule has 1 aliphatic heterocycles. The van der Waals surface area contributed by atoms with Crippen molar-refractivity contribution >= 4 is 11.8 Å². The second kappa shape index (κ2) is 8.02. The van der Waals surface area contributed by atoms with E-state index in [0.29, 0.717) is 30.8 Å². The molecule has 2 saturated carbocycles. The summed E-state index contributed by atoms with van der Waals surface area (Å²) in [7, 11) is 3.70. The van der Waals surface area contributed by atoms with Gasteiger partial charge in [0.15, 0.2) is 0 Å². The van der Waals surface area contributed by atoms with Gasteiger partial charge in [0, 0.05) is 45.5 Å². The Morgan fingerprint density at radius 2 is 1.72 bits per heavy atom. The van der Waals surface area contributed by atoms with Gasteiger partial charge >= 0.3 is 0 Å². The van der Waals surface area contributed by atoms with Gasteiger partial charge in [0.1, 0.15) is 0 Å². The third-order valence-corrected chi connectivity index (χ3v) is 8.27. The Balaban J connectivity index is 1.37. The van der Waals surface area contributed by atoms with Gasteiger partial charge in [-0.25, -0.2) is 0 Å². The lowest BCUT2D eigenvalue weighted by Crippen LogP contribution is -2.51. The highest BCUT2D eigenvalue weighted by molar-refractivity contribution is 5.85. The van der Waals surface area contributed by atoms with Gasteiger partial charge < -0.3 is 9.80 Å². The van der Waals surface area contributed by atoms with E-state index in [1.165, 1.54) is 24.8 Å². The Bertz CT molecular complexity index is 1000. The number of amides is 2. The summed E-state index contributed by atoms with van der Waals surface area (Å²) in [5.41, 5.74) is 3.35. The van der Waals surface area contributed by atoms with E-state index >= 15 is 0 Å². The molecule has 3 aliphatic rings. The fraction of sp³-hybridized carbons (Fsp3) is 0.519. The molecular formula is C27H33N3O2. The van der Waals surface area contributed by atoms with Gasteiger partial charge in [-0.2, -0.15) is 0 Å². The summed E-state index contributed by atoms with van der Waals surface area (Å²) in [5.74, 6) is 0.768. The Kier molecular flexibility index (Phi) is 5.31. The first-order valence-corrected chi connectivity index (χ1v) is 11.9. The van der Waals surface area contributed by atoms with Crippen LogP contribution in [0.2, 0.25) is 0 Å². The van der Waals surface area contributed by atoms with Crippen molar-refractivity contribution in [2.24, 2.45) is 16.7 Å². The minimum absolute atomic E-state index is 0.177. The van der Waals surface area contributed by atoms with Crippen molar-refractivity contribution in [3.63, 3.8) is 0 Å². The molecule has 0 bridgehead atoms. The molecule has 1 atom stereocenters. The van der Waals surface area contributed by atoms with Gasteiger partial charge in [0.2, 0.25) is 11.8 Å². The Morgan fingerprint density at radius 3 is 2.31 bits per heavy atom. The van der Waals surface area contributed by atoms with Crippen molar-refractivity contribution in [3.8, 4) is 11.1 Å². The van der Waals surface area contributed by atoms with Crippen LogP contribution in [0, 0.1) is 16.7 Å². The zero-order valence-corrected chi connectivity index (χ0v) is 19.2. The van der Waals surface area contributed by atoms with Crippen LogP contribution in [0.5, 0.6) is 0 Å². The van der Waals surface area contributed by atoms with Crippen LogP contribution in [-0.4, -0.2) is 53.8 Å². The van der Waals surface area contributed by atoms with E-state index in [2.05, 4.69) is 23.2 Å². The number of carbonyl (C=O) groups is 2. The molecule has 32 heavy (non-hydrogen) atoms. The van der Waals surface area contributed by atoms with Crippen LogP contribution in [0.15, 0.2) is 48.8 Å². The number of piperidine rings is 1. The zero-order chi connectivity index (χ0) is 22.3. The molecule has 1 aromatic carbocycles. The van der Waals surface area contributed by atoms with Crippen molar-refractivity contribution in [2.45, 2.75) is 44.9 Å². The number of carbonyl (C=O) groups excluding carboxylic acids is 2. The van der Waals surface area contributed by atoms with Crippen molar-refractivity contribution in [1.29, 1.82) is 0 Å². The zero-order valence-electron chi connectivity index (χ0n) is 19.2. The monoisotopic (exact) mass is 431 g/mol. The highest BCUT2D eigenvalue weighted by atomic mass is 16.2. The Labute approximate surface area is 190 Å². The molecule has 2 amide bonds. The molecule has 2 heterocycles. The van der Waals surface area contributed by atoms with Crippen LogP contribution in [0.1, 0.15) is 44.1 Å². The topological polar surface area (TPSA) is 53.5 Å². The van der Waals surface area contributed by atoms with E-state index in [1.807, 2.05) is 49.6 Å². The Morgan fingerprint density at radius 1 is 1.03 bits per heavy atom. The maximum absolute atomic E-state index is 13.5. The lowest BCUT2D eigenvalue weighted by molar-refractivity contribution is -0.147. The Hall–Kier alpha value is -2.69. The average Bonchev–Trinajstić information content (AvgIpc) is 3.56. The smallest absolute Gasteiger partial charge is 0.228 e. The van der Waals surface area contributed by atoms with E-state index in [0.717, 1.165) is 30.4 Å². The van der Waals surface area contributed by atoms with Gasteiger partial charge in [0.05, 0.1) is 5.41 Å². The van der Waals surface area contributed by atoms with E-state index < -0.39 is 5.41 Å². The van der Waals surface area contributed by atoms with Crippen LogP contribution in [0.4, 0.5) is 0 Å². The third kappa shape index (κ3) is 3.62. The number of hydrogen-bond acceptors (Lipinski definition) is 3. The maximum atomic E-state index is 13.5. The average molecular weight is 432 g/mol. The van der Waals surface area contributed by atoms with Crippen LogP contribution >= 0.6 is 0 Å². The van der Waals surface area contributed by atoms with E-state index in [4.69, 9.17) is 0 Å². The maximum Gasteiger partial charge on any atom is 0.228 e. The molecule has 0 radical (unpaired) electrons. The van der Waals surface area contributed by atoms with Crippen molar-refractivity contribution < 1.29 is 9.59 Å². The predicted octanol–water partition coefficient (Wildman–Crippen LogP) is 4.18. The summed E-state index contributed by atoms with van der Waals surface area (Å²) in [6.45, 7) is 1.37. The van der Waals surface area contributed by atoms with Gasteiger partial charge in [-0.05, 0) is 72.8 Å². The number of likely N-dealkylation sites (tertiary alicyclic amines) is 1. The van der Waals surface area contributed by atoms with Crippen LogP contribution < -0.4 is 0 Å². The predicted molar refractivity (Wildman–Crippen MR) is 125 cm³/mol.